The molecule has 6 nitrogen and oxygen atoms in total. The number of morpholine rings is 1. The molecule has 2 N–H and O–H groups in total. The van der Waals surface area contributed by atoms with E-state index in [1.165, 1.54) is 32.1 Å². The summed E-state index contributed by atoms with van der Waals surface area (Å²) in [7, 11) is 1.87. The van der Waals surface area contributed by atoms with Crippen LogP contribution in [-0.4, -0.2) is 76.1 Å². The minimum Gasteiger partial charge on any atom is -0.381 e. The molecule has 0 spiro atoms. The zero-order valence-corrected chi connectivity index (χ0v) is 14.4. The number of hydrogen-bond acceptors (Lipinski definition) is 4. The number of guanidine groups is 1. The molecule has 2 unspecified atom stereocenters. The predicted octanol–water partition coefficient (Wildman–Crippen LogP) is 0.831. The number of hydrogen-bond donors (Lipinski definition) is 2. The summed E-state index contributed by atoms with van der Waals surface area (Å²) in [5, 5.41) is 7.15. The highest BCUT2D eigenvalue weighted by Crippen LogP contribution is 2.22. The Morgan fingerprint density at radius 2 is 1.91 bits per heavy atom. The summed E-state index contributed by atoms with van der Waals surface area (Å²) in [6.07, 6.45) is 6.38. The molecule has 2 saturated heterocycles. The Bertz CT molecular complexity index is 373. The van der Waals surface area contributed by atoms with E-state index in [9.17, 15) is 0 Å². The van der Waals surface area contributed by atoms with Gasteiger partial charge in [0.2, 0.25) is 0 Å². The van der Waals surface area contributed by atoms with Crippen LogP contribution >= 0.6 is 0 Å². The average molecular weight is 324 g/mol. The summed E-state index contributed by atoms with van der Waals surface area (Å²) < 4.78 is 11.2. The number of rotatable bonds is 5. The first-order valence-electron chi connectivity index (χ1n) is 9.23. The lowest BCUT2D eigenvalue weighted by Gasteiger charge is -2.37. The quantitative estimate of drug-likeness (QED) is 0.579. The first-order chi connectivity index (χ1) is 11.4. The van der Waals surface area contributed by atoms with Crippen molar-refractivity contribution in [3.05, 3.63) is 0 Å². The maximum Gasteiger partial charge on any atom is 0.191 e. The second-order valence-electron chi connectivity index (χ2n) is 6.92. The van der Waals surface area contributed by atoms with Gasteiger partial charge in [-0.2, -0.15) is 0 Å². The molecule has 0 aromatic heterocycles. The first-order valence-corrected chi connectivity index (χ1v) is 9.23. The Balaban J connectivity index is 1.53. The SMILES string of the molecule is CN=C(NCC(C1CCOC1)N1CCOCC1)NC1CCCC1. The average Bonchev–Trinajstić information content (AvgIpc) is 3.29. The van der Waals surface area contributed by atoms with Gasteiger partial charge in [0.1, 0.15) is 0 Å². The van der Waals surface area contributed by atoms with E-state index in [1.54, 1.807) is 0 Å². The summed E-state index contributed by atoms with van der Waals surface area (Å²) in [5.74, 6) is 1.57. The molecule has 132 valence electrons. The van der Waals surface area contributed by atoms with E-state index in [2.05, 4.69) is 20.5 Å². The molecule has 1 aliphatic carbocycles. The molecule has 0 bridgehead atoms. The standard InChI is InChI=1S/C17H32N4O2/c1-18-17(20-15-4-2-3-5-15)19-12-16(14-6-9-23-13-14)21-7-10-22-11-8-21/h14-16H,2-13H2,1H3,(H2,18,19,20). The second kappa shape index (κ2) is 8.85. The Kier molecular flexibility index (Phi) is 6.54. The van der Waals surface area contributed by atoms with Gasteiger partial charge in [0, 0.05) is 51.3 Å². The molecule has 23 heavy (non-hydrogen) atoms. The third-order valence-corrected chi connectivity index (χ3v) is 5.42. The number of nitrogens with zero attached hydrogens (tertiary/aromatic N) is 2. The normalized spacial score (nSPS) is 28.9. The van der Waals surface area contributed by atoms with Crippen molar-refractivity contribution >= 4 is 5.96 Å². The summed E-state index contributed by atoms with van der Waals surface area (Å²) in [6, 6.07) is 1.10. The fraction of sp³-hybridized carbons (Fsp3) is 0.941. The smallest absolute Gasteiger partial charge is 0.191 e. The van der Waals surface area contributed by atoms with Gasteiger partial charge in [0.05, 0.1) is 19.8 Å². The topological polar surface area (TPSA) is 58.1 Å². The van der Waals surface area contributed by atoms with Crippen LogP contribution < -0.4 is 10.6 Å². The van der Waals surface area contributed by atoms with Crippen LogP contribution in [-0.2, 0) is 9.47 Å². The van der Waals surface area contributed by atoms with Gasteiger partial charge in [0.25, 0.3) is 0 Å². The molecule has 0 aromatic carbocycles. The number of ether oxygens (including phenoxy) is 2. The highest BCUT2D eigenvalue weighted by molar-refractivity contribution is 5.80. The molecular formula is C17H32N4O2. The Morgan fingerprint density at radius 3 is 2.57 bits per heavy atom. The van der Waals surface area contributed by atoms with Crippen molar-refractivity contribution in [3.8, 4) is 0 Å². The lowest BCUT2D eigenvalue weighted by molar-refractivity contribution is 0.00246. The van der Waals surface area contributed by atoms with Crippen LogP contribution in [0.5, 0.6) is 0 Å². The summed E-state index contributed by atoms with van der Waals surface area (Å²) in [4.78, 5) is 6.98. The van der Waals surface area contributed by atoms with Crippen molar-refractivity contribution in [2.24, 2.45) is 10.9 Å². The molecule has 3 fully saturated rings. The van der Waals surface area contributed by atoms with Crippen LogP contribution in [0.3, 0.4) is 0 Å². The fourth-order valence-corrected chi connectivity index (χ4v) is 4.02. The van der Waals surface area contributed by atoms with Gasteiger partial charge in [-0.25, -0.2) is 0 Å². The van der Waals surface area contributed by atoms with Gasteiger partial charge in [-0.15, -0.1) is 0 Å². The maximum absolute atomic E-state index is 5.64. The number of aliphatic imine (C=N–C) groups is 1. The highest BCUT2D eigenvalue weighted by Gasteiger charge is 2.31. The van der Waals surface area contributed by atoms with Gasteiger partial charge in [-0.3, -0.25) is 9.89 Å². The van der Waals surface area contributed by atoms with E-state index in [0.29, 0.717) is 18.0 Å². The highest BCUT2D eigenvalue weighted by atomic mass is 16.5. The monoisotopic (exact) mass is 324 g/mol. The van der Waals surface area contributed by atoms with Crippen molar-refractivity contribution < 1.29 is 9.47 Å². The lowest BCUT2D eigenvalue weighted by atomic mass is 9.97. The van der Waals surface area contributed by atoms with Crippen LogP contribution in [0.15, 0.2) is 4.99 Å². The van der Waals surface area contributed by atoms with Crippen LogP contribution in [0, 0.1) is 5.92 Å². The summed E-state index contributed by atoms with van der Waals surface area (Å²) in [6.45, 7) is 6.46. The van der Waals surface area contributed by atoms with Crippen LogP contribution in [0.1, 0.15) is 32.1 Å². The van der Waals surface area contributed by atoms with E-state index < -0.39 is 0 Å². The van der Waals surface area contributed by atoms with Crippen molar-refractivity contribution in [2.45, 2.75) is 44.2 Å². The Hall–Kier alpha value is -0.850. The lowest BCUT2D eigenvalue weighted by Crippen LogP contribution is -2.54. The first kappa shape index (κ1) is 17.0. The van der Waals surface area contributed by atoms with Crippen LogP contribution in [0.4, 0.5) is 0 Å². The van der Waals surface area contributed by atoms with Gasteiger partial charge < -0.3 is 20.1 Å². The fourth-order valence-electron chi connectivity index (χ4n) is 4.02. The van der Waals surface area contributed by atoms with E-state index in [4.69, 9.17) is 9.47 Å². The van der Waals surface area contributed by atoms with Gasteiger partial charge >= 0.3 is 0 Å². The molecule has 0 radical (unpaired) electrons. The molecule has 2 aliphatic heterocycles. The third-order valence-electron chi connectivity index (χ3n) is 5.42. The molecule has 1 saturated carbocycles. The molecule has 0 aromatic rings. The second-order valence-corrected chi connectivity index (χ2v) is 6.92. The third kappa shape index (κ3) is 4.81. The summed E-state index contributed by atoms with van der Waals surface area (Å²) in [5.41, 5.74) is 0. The molecule has 2 heterocycles. The molecular weight excluding hydrogens is 292 g/mol. The minimum atomic E-state index is 0.503. The Morgan fingerprint density at radius 1 is 1.13 bits per heavy atom. The van der Waals surface area contributed by atoms with Crippen molar-refractivity contribution in [1.29, 1.82) is 0 Å². The molecule has 0 amide bonds. The van der Waals surface area contributed by atoms with Gasteiger partial charge in [-0.1, -0.05) is 12.8 Å². The van der Waals surface area contributed by atoms with Gasteiger partial charge in [0.15, 0.2) is 5.96 Å². The van der Waals surface area contributed by atoms with Crippen molar-refractivity contribution in [3.63, 3.8) is 0 Å². The zero-order valence-electron chi connectivity index (χ0n) is 14.4. The largest absolute Gasteiger partial charge is 0.381 e. The van der Waals surface area contributed by atoms with E-state index >= 15 is 0 Å². The van der Waals surface area contributed by atoms with E-state index in [-0.39, 0.29) is 0 Å². The van der Waals surface area contributed by atoms with Gasteiger partial charge in [-0.05, 0) is 19.3 Å². The van der Waals surface area contributed by atoms with Crippen LogP contribution in [0.2, 0.25) is 0 Å². The molecule has 2 atom stereocenters. The predicted molar refractivity (Wildman–Crippen MR) is 91.9 cm³/mol. The summed E-state index contributed by atoms with van der Waals surface area (Å²) >= 11 is 0. The minimum absolute atomic E-state index is 0.503. The Labute approximate surface area is 140 Å². The molecule has 3 rings (SSSR count). The molecule has 3 aliphatic rings. The zero-order chi connectivity index (χ0) is 15.9. The maximum atomic E-state index is 5.64. The van der Waals surface area contributed by atoms with E-state index in [1.807, 2.05) is 7.05 Å². The van der Waals surface area contributed by atoms with Crippen LogP contribution in [0.25, 0.3) is 0 Å². The number of nitrogens with one attached hydrogen (secondary N) is 2. The molecule has 6 heteroatoms. The van der Waals surface area contributed by atoms with Crippen molar-refractivity contribution in [1.82, 2.24) is 15.5 Å². The van der Waals surface area contributed by atoms with E-state index in [0.717, 1.165) is 52.0 Å². The van der Waals surface area contributed by atoms with Crippen molar-refractivity contribution in [2.75, 3.05) is 53.1 Å².